The number of anilines is 1. The predicted octanol–water partition coefficient (Wildman–Crippen LogP) is 2.90. The van der Waals surface area contributed by atoms with E-state index in [9.17, 15) is 4.79 Å². The van der Waals surface area contributed by atoms with Gasteiger partial charge >= 0.3 is 0 Å². The number of hydrogen-bond acceptors (Lipinski definition) is 2. The molecule has 0 atom stereocenters. The molecule has 0 aromatic carbocycles. The van der Waals surface area contributed by atoms with Crippen LogP contribution in [0.15, 0.2) is 24.4 Å². The van der Waals surface area contributed by atoms with Crippen molar-refractivity contribution in [2.45, 2.75) is 6.92 Å². The first kappa shape index (κ1) is 11.0. The molecule has 1 heterocycles. The molecular weight excluding hydrogens is 223 g/mol. The molecule has 0 bridgehead atoms. The van der Waals surface area contributed by atoms with Gasteiger partial charge in [-0.3, -0.25) is 4.79 Å². The molecule has 0 aliphatic rings. The highest BCUT2D eigenvalue weighted by Crippen LogP contribution is 2.22. The second kappa shape index (κ2) is 4.44. The number of rotatable bonds is 2. The molecular formula is C9H8Cl2N2O. The number of nitrogens with zero attached hydrogens (tertiary/aromatic N) is 1. The van der Waals surface area contributed by atoms with E-state index < -0.39 is 0 Å². The number of pyridine rings is 1. The van der Waals surface area contributed by atoms with Gasteiger partial charge in [-0.2, -0.15) is 0 Å². The van der Waals surface area contributed by atoms with Crippen LogP contribution in [0.25, 0.3) is 0 Å². The zero-order valence-electron chi connectivity index (χ0n) is 7.47. The molecule has 0 spiro atoms. The Kier molecular flexibility index (Phi) is 3.49. The largest absolute Gasteiger partial charge is 0.307 e. The Hall–Kier alpha value is -1.06. The molecule has 0 aliphatic carbocycles. The van der Waals surface area contributed by atoms with Gasteiger partial charge in [0.2, 0.25) is 0 Å². The molecule has 3 nitrogen and oxygen atoms in total. The smallest absolute Gasteiger partial charge is 0.251 e. The normalized spacial score (nSPS) is 9.64. The average Bonchev–Trinajstić information content (AvgIpc) is 2.11. The van der Waals surface area contributed by atoms with Crippen LogP contribution in [0.5, 0.6) is 0 Å². The van der Waals surface area contributed by atoms with E-state index in [0.717, 1.165) is 0 Å². The van der Waals surface area contributed by atoms with Gasteiger partial charge in [-0.15, -0.1) is 0 Å². The van der Waals surface area contributed by atoms with Crippen LogP contribution in [0.1, 0.15) is 6.92 Å². The van der Waals surface area contributed by atoms with E-state index in [0.29, 0.717) is 21.4 Å². The van der Waals surface area contributed by atoms with Gasteiger partial charge in [-0.1, -0.05) is 29.8 Å². The quantitative estimate of drug-likeness (QED) is 0.795. The summed E-state index contributed by atoms with van der Waals surface area (Å²) in [7, 11) is 0. The van der Waals surface area contributed by atoms with E-state index in [-0.39, 0.29) is 5.91 Å². The van der Waals surface area contributed by atoms with Crippen molar-refractivity contribution in [3.05, 3.63) is 34.5 Å². The zero-order valence-corrected chi connectivity index (χ0v) is 8.99. The van der Waals surface area contributed by atoms with Crippen molar-refractivity contribution in [3.63, 3.8) is 0 Å². The lowest BCUT2D eigenvalue weighted by Gasteiger charge is -2.04. The number of halogens is 2. The Labute approximate surface area is 91.7 Å². The summed E-state index contributed by atoms with van der Waals surface area (Å²) in [4.78, 5) is 15.1. The summed E-state index contributed by atoms with van der Waals surface area (Å²) in [5.41, 5.74) is 0.401. The minimum Gasteiger partial charge on any atom is -0.307 e. The maximum Gasteiger partial charge on any atom is 0.251 e. The van der Waals surface area contributed by atoms with E-state index >= 15 is 0 Å². The van der Waals surface area contributed by atoms with Crippen molar-refractivity contribution in [2.75, 3.05) is 5.32 Å². The van der Waals surface area contributed by atoms with Crippen molar-refractivity contribution >= 4 is 34.9 Å². The zero-order chi connectivity index (χ0) is 10.7. The Bertz CT molecular complexity index is 390. The van der Waals surface area contributed by atoms with Gasteiger partial charge in [-0.25, -0.2) is 4.98 Å². The van der Waals surface area contributed by atoms with Crippen molar-refractivity contribution in [1.82, 2.24) is 4.98 Å². The van der Waals surface area contributed by atoms with Gasteiger partial charge in [0, 0.05) is 17.8 Å². The number of aromatic nitrogens is 1. The van der Waals surface area contributed by atoms with Crippen LogP contribution in [-0.2, 0) is 4.79 Å². The first-order valence-corrected chi connectivity index (χ1v) is 4.54. The average molecular weight is 231 g/mol. The molecule has 0 saturated carbocycles. The molecule has 1 rings (SSSR count). The molecule has 1 aromatic rings. The fraction of sp³-hybridized carbons (Fsp3) is 0.111. The van der Waals surface area contributed by atoms with E-state index in [2.05, 4.69) is 16.9 Å². The molecule has 1 aromatic heterocycles. The molecule has 14 heavy (non-hydrogen) atoms. The highest BCUT2D eigenvalue weighted by Gasteiger charge is 2.05. The minimum atomic E-state index is -0.295. The van der Waals surface area contributed by atoms with Crippen molar-refractivity contribution in [3.8, 4) is 0 Å². The fourth-order valence-electron chi connectivity index (χ4n) is 0.705. The molecule has 0 radical (unpaired) electrons. The van der Waals surface area contributed by atoms with Crippen LogP contribution < -0.4 is 5.32 Å². The van der Waals surface area contributed by atoms with Crippen LogP contribution in [0.4, 0.5) is 5.82 Å². The van der Waals surface area contributed by atoms with E-state index in [1.54, 1.807) is 6.92 Å². The SMILES string of the molecule is C=C(C)C(=O)Nc1cc(Cl)c(Cl)cn1. The third kappa shape index (κ3) is 2.72. The lowest BCUT2D eigenvalue weighted by atomic mass is 10.3. The van der Waals surface area contributed by atoms with Crippen molar-refractivity contribution in [2.24, 2.45) is 0 Å². The first-order chi connectivity index (χ1) is 6.50. The fourth-order valence-corrected chi connectivity index (χ4v) is 0.961. The highest BCUT2D eigenvalue weighted by molar-refractivity contribution is 6.42. The van der Waals surface area contributed by atoms with Crippen molar-refractivity contribution in [1.29, 1.82) is 0 Å². The third-order valence-electron chi connectivity index (χ3n) is 1.44. The van der Waals surface area contributed by atoms with Crippen molar-refractivity contribution < 1.29 is 4.79 Å². The molecule has 0 fully saturated rings. The molecule has 0 saturated heterocycles. The standard InChI is InChI=1S/C9H8Cl2N2O/c1-5(2)9(14)13-8-3-6(10)7(11)4-12-8/h3-4H,1H2,2H3,(H,12,13,14). The molecule has 5 heteroatoms. The van der Waals surface area contributed by atoms with Gasteiger partial charge in [0.05, 0.1) is 10.0 Å². The lowest BCUT2D eigenvalue weighted by Crippen LogP contribution is -2.12. The second-order valence-corrected chi connectivity index (χ2v) is 3.53. The number of carbonyl (C=O) groups is 1. The molecule has 1 N–H and O–H groups in total. The maximum atomic E-state index is 11.2. The van der Waals surface area contributed by atoms with Gasteiger partial charge in [0.15, 0.2) is 0 Å². The van der Waals surface area contributed by atoms with Crippen LogP contribution in [0.3, 0.4) is 0 Å². The monoisotopic (exact) mass is 230 g/mol. The summed E-state index contributed by atoms with van der Waals surface area (Å²) in [5.74, 6) is 0.0586. The molecule has 1 amide bonds. The molecule has 74 valence electrons. The van der Waals surface area contributed by atoms with Gasteiger partial charge < -0.3 is 5.32 Å². The third-order valence-corrected chi connectivity index (χ3v) is 2.15. The highest BCUT2D eigenvalue weighted by atomic mass is 35.5. The molecule has 0 unspecified atom stereocenters. The summed E-state index contributed by atoms with van der Waals surface area (Å²) in [5, 5.41) is 3.21. The summed E-state index contributed by atoms with van der Waals surface area (Å²) >= 11 is 11.4. The Morgan fingerprint density at radius 3 is 2.64 bits per heavy atom. The second-order valence-electron chi connectivity index (χ2n) is 2.72. The summed E-state index contributed by atoms with van der Waals surface area (Å²) < 4.78 is 0. The van der Waals surface area contributed by atoms with Gasteiger partial charge in [-0.05, 0) is 6.92 Å². The van der Waals surface area contributed by atoms with Gasteiger partial charge in [0.1, 0.15) is 5.82 Å². The Morgan fingerprint density at radius 1 is 1.50 bits per heavy atom. The minimum absolute atomic E-state index is 0.295. The predicted molar refractivity (Wildman–Crippen MR) is 57.7 cm³/mol. The van der Waals surface area contributed by atoms with Crippen LogP contribution in [-0.4, -0.2) is 10.9 Å². The Balaban J connectivity index is 2.83. The van der Waals surface area contributed by atoms with Gasteiger partial charge in [0.25, 0.3) is 5.91 Å². The summed E-state index contributed by atoms with van der Waals surface area (Å²) in [6, 6.07) is 1.48. The number of hydrogen-bond donors (Lipinski definition) is 1. The van der Waals surface area contributed by atoms with E-state index in [1.807, 2.05) is 0 Å². The van der Waals surface area contributed by atoms with Crippen LogP contribution in [0, 0.1) is 0 Å². The number of carbonyl (C=O) groups excluding carboxylic acids is 1. The number of amides is 1. The first-order valence-electron chi connectivity index (χ1n) is 3.78. The van der Waals surface area contributed by atoms with Crippen LogP contribution in [0.2, 0.25) is 10.0 Å². The molecule has 0 aliphatic heterocycles. The Morgan fingerprint density at radius 2 is 2.14 bits per heavy atom. The summed E-state index contributed by atoms with van der Waals surface area (Å²) in [6.45, 7) is 5.10. The topological polar surface area (TPSA) is 42.0 Å². The van der Waals surface area contributed by atoms with E-state index in [1.165, 1.54) is 12.3 Å². The maximum absolute atomic E-state index is 11.2. The van der Waals surface area contributed by atoms with Crippen LogP contribution >= 0.6 is 23.2 Å². The number of nitrogens with one attached hydrogen (secondary N) is 1. The van der Waals surface area contributed by atoms with E-state index in [4.69, 9.17) is 23.2 Å². The summed E-state index contributed by atoms with van der Waals surface area (Å²) in [6.07, 6.45) is 1.37. The lowest BCUT2D eigenvalue weighted by molar-refractivity contribution is -0.112.